The highest BCUT2D eigenvalue weighted by molar-refractivity contribution is 6.00. The minimum absolute atomic E-state index is 0.0277. The predicted molar refractivity (Wildman–Crippen MR) is 75.3 cm³/mol. The van der Waals surface area contributed by atoms with E-state index in [1.807, 2.05) is 37.3 Å². The van der Waals surface area contributed by atoms with E-state index in [-0.39, 0.29) is 5.78 Å². The molecule has 2 rings (SSSR count). The first-order chi connectivity index (χ1) is 8.56. The van der Waals surface area contributed by atoms with Crippen molar-refractivity contribution in [3.8, 4) is 0 Å². The molecule has 0 saturated carbocycles. The van der Waals surface area contributed by atoms with Gasteiger partial charge in [-0.2, -0.15) is 0 Å². The van der Waals surface area contributed by atoms with Crippen molar-refractivity contribution in [3.63, 3.8) is 0 Å². The Hall–Kier alpha value is -2.29. The van der Waals surface area contributed by atoms with Crippen molar-refractivity contribution in [1.29, 1.82) is 0 Å². The fourth-order valence-electron chi connectivity index (χ4n) is 1.74. The number of ketones is 1. The van der Waals surface area contributed by atoms with Crippen LogP contribution in [0.3, 0.4) is 0 Å². The summed E-state index contributed by atoms with van der Waals surface area (Å²) in [6, 6.07) is 13.4. The van der Waals surface area contributed by atoms with Crippen LogP contribution in [0.4, 0.5) is 17.1 Å². The Morgan fingerprint density at radius 3 is 2.28 bits per heavy atom. The summed E-state index contributed by atoms with van der Waals surface area (Å²) in [5.74, 6) is -0.0277. The summed E-state index contributed by atoms with van der Waals surface area (Å²) in [7, 11) is 0. The van der Waals surface area contributed by atoms with E-state index in [2.05, 4.69) is 5.32 Å². The molecule has 3 heteroatoms. The quantitative estimate of drug-likeness (QED) is 0.637. The largest absolute Gasteiger partial charge is 0.398 e. The smallest absolute Gasteiger partial charge is 0.161 e. The van der Waals surface area contributed by atoms with Crippen LogP contribution in [0.1, 0.15) is 22.8 Å². The van der Waals surface area contributed by atoms with Crippen molar-refractivity contribution >= 4 is 22.8 Å². The number of carbonyl (C=O) groups is 1. The number of benzene rings is 2. The number of nitrogens with two attached hydrogens (primary N) is 1. The van der Waals surface area contributed by atoms with Crippen molar-refractivity contribution in [1.82, 2.24) is 0 Å². The summed E-state index contributed by atoms with van der Waals surface area (Å²) in [6.07, 6.45) is 0. The van der Waals surface area contributed by atoms with Crippen LogP contribution < -0.4 is 11.1 Å². The van der Waals surface area contributed by atoms with Crippen LogP contribution in [0.2, 0.25) is 0 Å². The van der Waals surface area contributed by atoms with E-state index >= 15 is 0 Å². The molecule has 0 aliphatic heterocycles. The number of rotatable bonds is 3. The van der Waals surface area contributed by atoms with Crippen molar-refractivity contribution in [3.05, 3.63) is 53.6 Å². The summed E-state index contributed by atoms with van der Waals surface area (Å²) in [6.45, 7) is 3.56. The van der Waals surface area contributed by atoms with Gasteiger partial charge in [-0.15, -0.1) is 0 Å². The number of hydrogen-bond donors (Lipinski definition) is 2. The van der Waals surface area contributed by atoms with Crippen LogP contribution in [0, 0.1) is 6.92 Å². The van der Waals surface area contributed by atoms with Crippen LogP contribution >= 0.6 is 0 Å². The van der Waals surface area contributed by atoms with Gasteiger partial charge < -0.3 is 11.1 Å². The Labute approximate surface area is 107 Å². The molecule has 0 fully saturated rings. The average molecular weight is 240 g/mol. The number of Topliss-reactive ketones (excluding diaryl/α,β-unsaturated/α-hetero) is 1. The molecule has 0 spiro atoms. The lowest BCUT2D eigenvalue weighted by atomic mass is 10.1. The highest BCUT2D eigenvalue weighted by Crippen LogP contribution is 2.22. The molecule has 3 nitrogen and oxygen atoms in total. The van der Waals surface area contributed by atoms with Crippen LogP contribution in [0.15, 0.2) is 42.5 Å². The zero-order valence-corrected chi connectivity index (χ0v) is 10.5. The lowest BCUT2D eigenvalue weighted by Crippen LogP contribution is -2.01. The zero-order valence-electron chi connectivity index (χ0n) is 10.5. The maximum absolute atomic E-state index is 11.4. The Bertz CT molecular complexity index is 574. The number of anilines is 3. The highest BCUT2D eigenvalue weighted by Gasteiger charge is 2.05. The second-order valence-corrected chi connectivity index (χ2v) is 4.35. The molecular formula is C15H16N2O. The first-order valence-electron chi connectivity index (χ1n) is 5.80. The van der Waals surface area contributed by atoms with Gasteiger partial charge in [0.2, 0.25) is 0 Å². The summed E-state index contributed by atoms with van der Waals surface area (Å²) in [4.78, 5) is 11.4. The lowest BCUT2D eigenvalue weighted by molar-refractivity contribution is 0.101. The maximum Gasteiger partial charge on any atom is 0.161 e. The molecule has 0 amide bonds. The number of aryl methyl sites for hydroxylation is 1. The van der Waals surface area contributed by atoms with Crippen molar-refractivity contribution in [2.45, 2.75) is 13.8 Å². The third kappa shape index (κ3) is 2.69. The molecule has 0 aromatic heterocycles. The second-order valence-electron chi connectivity index (χ2n) is 4.35. The third-order valence-electron chi connectivity index (χ3n) is 2.77. The molecule has 0 unspecified atom stereocenters. The topological polar surface area (TPSA) is 55.1 Å². The molecule has 3 N–H and O–H groups in total. The molecule has 0 atom stereocenters. The summed E-state index contributed by atoms with van der Waals surface area (Å²) in [5.41, 5.74) is 9.87. The standard InChI is InChI=1S/C15H16N2O/c1-10-3-5-12(6-4-10)17-13-7-8-15(16)14(9-13)11(2)18/h3-9,17H,16H2,1-2H3. The molecule has 0 bridgehead atoms. The minimum Gasteiger partial charge on any atom is -0.398 e. The molecule has 2 aromatic rings. The summed E-state index contributed by atoms with van der Waals surface area (Å²) < 4.78 is 0. The highest BCUT2D eigenvalue weighted by atomic mass is 16.1. The Kier molecular flexibility index (Phi) is 3.33. The predicted octanol–water partition coefficient (Wildman–Crippen LogP) is 3.52. The van der Waals surface area contributed by atoms with Gasteiger partial charge in [-0.3, -0.25) is 4.79 Å². The first-order valence-corrected chi connectivity index (χ1v) is 5.80. The minimum atomic E-state index is -0.0277. The Morgan fingerprint density at radius 1 is 1.06 bits per heavy atom. The lowest BCUT2D eigenvalue weighted by Gasteiger charge is -2.09. The molecule has 0 saturated heterocycles. The van der Waals surface area contributed by atoms with Crippen LogP contribution in [0.25, 0.3) is 0 Å². The van der Waals surface area contributed by atoms with Gasteiger partial charge in [0, 0.05) is 22.6 Å². The molecule has 2 aromatic carbocycles. The third-order valence-corrected chi connectivity index (χ3v) is 2.77. The van der Waals surface area contributed by atoms with Gasteiger partial charge in [0.25, 0.3) is 0 Å². The van der Waals surface area contributed by atoms with Gasteiger partial charge in [0.05, 0.1) is 0 Å². The summed E-state index contributed by atoms with van der Waals surface area (Å²) >= 11 is 0. The molecule has 0 radical (unpaired) electrons. The van der Waals surface area contributed by atoms with Gasteiger partial charge in [0.15, 0.2) is 5.78 Å². The fourth-order valence-corrected chi connectivity index (χ4v) is 1.74. The van der Waals surface area contributed by atoms with E-state index < -0.39 is 0 Å². The van der Waals surface area contributed by atoms with Gasteiger partial charge in [-0.05, 0) is 44.2 Å². The van der Waals surface area contributed by atoms with Crippen LogP contribution in [-0.4, -0.2) is 5.78 Å². The first kappa shape index (κ1) is 12.2. The van der Waals surface area contributed by atoms with Gasteiger partial charge in [-0.1, -0.05) is 17.7 Å². The van der Waals surface area contributed by atoms with E-state index in [1.165, 1.54) is 12.5 Å². The molecule has 0 aliphatic carbocycles. The Balaban J connectivity index is 2.27. The monoisotopic (exact) mass is 240 g/mol. The van der Waals surface area contributed by atoms with Gasteiger partial charge in [-0.25, -0.2) is 0 Å². The van der Waals surface area contributed by atoms with Gasteiger partial charge in [0.1, 0.15) is 0 Å². The number of nitrogen functional groups attached to an aromatic ring is 1. The van der Waals surface area contributed by atoms with E-state index in [1.54, 1.807) is 12.1 Å². The molecule has 92 valence electrons. The van der Waals surface area contributed by atoms with E-state index in [9.17, 15) is 4.79 Å². The second kappa shape index (κ2) is 4.92. The Morgan fingerprint density at radius 2 is 1.67 bits per heavy atom. The van der Waals surface area contributed by atoms with Gasteiger partial charge >= 0.3 is 0 Å². The van der Waals surface area contributed by atoms with Crippen molar-refractivity contribution in [2.75, 3.05) is 11.1 Å². The normalized spacial score (nSPS) is 10.1. The molecular weight excluding hydrogens is 224 g/mol. The van der Waals surface area contributed by atoms with Crippen LogP contribution in [0.5, 0.6) is 0 Å². The number of nitrogens with one attached hydrogen (secondary N) is 1. The van der Waals surface area contributed by atoms with E-state index in [0.29, 0.717) is 11.3 Å². The van der Waals surface area contributed by atoms with E-state index in [4.69, 9.17) is 5.73 Å². The summed E-state index contributed by atoms with van der Waals surface area (Å²) in [5, 5.41) is 3.25. The molecule has 0 aliphatic rings. The number of hydrogen-bond acceptors (Lipinski definition) is 3. The zero-order chi connectivity index (χ0) is 13.1. The van der Waals surface area contributed by atoms with E-state index in [0.717, 1.165) is 11.4 Å². The fraction of sp³-hybridized carbons (Fsp3) is 0.133. The molecule has 18 heavy (non-hydrogen) atoms. The number of carbonyl (C=O) groups excluding carboxylic acids is 1. The average Bonchev–Trinajstić information content (AvgIpc) is 2.34. The van der Waals surface area contributed by atoms with Crippen molar-refractivity contribution in [2.24, 2.45) is 0 Å². The van der Waals surface area contributed by atoms with Crippen LogP contribution in [-0.2, 0) is 0 Å². The molecule has 0 heterocycles. The van der Waals surface area contributed by atoms with Crippen molar-refractivity contribution < 1.29 is 4.79 Å². The SMILES string of the molecule is CC(=O)c1cc(Nc2ccc(C)cc2)ccc1N. The maximum atomic E-state index is 11.4.